The number of anilines is 1. The first-order valence-corrected chi connectivity index (χ1v) is 16.8. The number of piperidine rings is 1. The number of nitrogens with two attached hydrogens (primary N) is 1. The standard InChI is InChI=1S/C35H36ClN7O3S/c1-20-21(2)47-34-31(20)32(24-6-8-26(36)9-7-24)39-29(33-41-40-22(3)43(33)34)18-30(44)42-15-12-23(13-16-42)19-38-27-10-11-28(35(45)46)25(17-27)5-4-14-37/h6-11,17,23,29,38H,12-16,18-19,37H2,1-3H3,(H,45,46)/t29-/m0/s1. The predicted molar refractivity (Wildman–Crippen MR) is 185 cm³/mol. The number of carboxylic acid groups (broad SMARTS) is 1. The van der Waals surface area contributed by atoms with Crippen LogP contribution in [-0.2, 0) is 4.79 Å². The maximum atomic E-state index is 13.8. The number of nitrogens with one attached hydrogen (secondary N) is 1. The monoisotopic (exact) mass is 669 g/mol. The van der Waals surface area contributed by atoms with E-state index in [0.29, 0.717) is 42.0 Å². The van der Waals surface area contributed by atoms with Gasteiger partial charge in [0, 0.05) is 51.9 Å². The summed E-state index contributed by atoms with van der Waals surface area (Å²) in [6.07, 6.45) is 1.88. The molecule has 2 aromatic carbocycles. The van der Waals surface area contributed by atoms with Gasteiger partial charge in [0.15, 0.2) is 5.82 Å². The Morgan fingerprint density at radius 3 is 2.55 bits per heavy atom. The molecule has 0 spiro atoms. The third-order valence-electron chi connectivity index (χ3n) is 8.86. The van der Waals surface area contributed by atoms with E-state index in [1.54, 1.807) is 29.5 Å². The number of aromatic nitrogens is 3. The van der Waals surface area contributed by atoms with Crippen LogP contribution in [0.15, 0.2) is 47.5 Å². The summed E-state index contributed by atoms with van der Waals surface area (Å²) < 4.78 is 2.07. The van der Waals surface area contributed by atoms with Crippen molar-refractivity contribution < 1.29 is 14.7 Å². The van der Waals surface area contributed by atoms with Gasteiger partial charge >= 0.3 is 5.97 Å². The van der Waals surface area contributed by atoms with E-state index >= 15 is 0 Å². The Morgan fingerprint density at radius 1 is 1.11 bits per heavy atom. The number of nitrogens with zero attached hydrogens (tertiary/aromatic N) is 5. The number of amides is 1. The fraction of sp³-hybridized carbons (Fsp3) is 0.343. The Morgan fingerprint density at radius 2 is 1.85 bits per heavy atom. The lowest BCUT2D eigenvalue weighted by Crippen LogP contribution is -2.40. The number of carboxylic acids is 1. The zero-order valence-corrected chi connectivity index (χ0v) is 28.1. The van der Waals surface area contributed by atoms with Crippen molar-refractivity contribution in [3.8, 4) is 16.8 Å². The minimum absolute atomic E-state index is 0.0401. The molecule has 12 heteroatoms. The molecule has 2 aliphatic heterocycles. The molecule has 0 aliphatic carbocycles. The van der Waals surface area contributed by atoms with Crippen LogP contribution < -0.4 is 11.1 Å². The van der Waals surface area contributed by atoms with Crippen LogP contribution in [0, 0.1) is 38.5 Å². The van der Waals surface area contributed by atoms with Gasteiger partial charge in [-0.2, -0.15) is 0 Å². The number of hydrogen-bond donors (Lipinski definition) is 3. The third-order valence-corrected chi connectivity index (χ3v) is 10.3. The minimum atomic E-state index is -1.03. The van der Waals surface area contributed by atoms with Crippen LogP contribution in [0.4, 0.5) is 5.69 Å². The number of rotatable bonds is 7. The molecule has 242 valence electrons. The molecule has 1 fully saturated rings. The van der Waals surface area contributed by atoms with Gasteiger partial charge in [-0.15, -0.1) is 21.5 Å². The minimum Gasteiger partial charge on any atom is -0.478 e. The first-order chi connectivity index (χ1) is 22.6. The van der Waals surface area contributed by atoms with Crippen LogP contribution in [0.1, 0.15) is 74.4 Å². The molecule has 0 bridgehead atoms. The number of halogens is 1. The first kappa shape index (κ1) is 32.4. The summed E-state index contributed by atoms with van der Waals surface area (Å²) in [7, 11) is 0. The van der Waals surface area contributed by atoms with Crippen molar-refractivity contribution in [2.45, 2.75) is 46.1 Å². The van der Waals surface area contributed by atoms with Crippen molar-refractivity contribution in [1.29, 1.82) is 0 Å². The van der Waals surface area contributed by atoms with Gasteiger partial charge in [-0.25, -0.2) is 4.79 Å². The Balaban J connectivity index is 1.17. The molecule has 2 aliphatic rings. The fourth-order valence-corrected chi connectivity index (χ4v) is 7.51. The van der Waals surface area contributed by atoms with Crippen molar-refractivity contribution in [2.75, 3.05) is 31.5 Å². The average molecular weight is 670 g/mol. The molecular weight excluding hydrogens is 634 g/mol. The molecule has 0 saturated carbocycles. The van der Waals surface area contributed by atoms with Gasteiger partial charge in [-0.05, 0) is 75.4 Å². The van der Waals surface area contributed by atoms with Gasteiger partial charge in [0.05, 0.1) is 24.2 Å². The smallest absolute Gasteiger partial charge is 0.336 e. The number of carbonyl (C=O) groups excluding carboxylic acids is 1. The molecular formula is C35H36ClN7O3S. The zero-order chi connectivity index (χ0) is 33.2. The molecule has 4 heterocycles. The van der Waals surface area contributed by atoms with Gasteiger partial charge in [-0.1, -0.05) is 35.6 Å². The van der Waals surface area contributed by atoms with Gasteiger partial charge < -0.3 is 21.1 Å². The number of aliphatic imine (C=N–C) groups is 1. The van der Waals surface area contributed by atoms with Gasteiger partial charge in [0.25, 0.3) is 0 Å². The second-order valence-corrected chi connectivity index (χ2v) is 13.5. The van der Waals surface area contributed by atoms with Crippen LogP contribution in [0.2, 0.25) is 5.02 Å². The highest BCUT2D eigenvalue weighted by atomic mass is 35.5. The van der Waals surface area contributed by atoms with Crippen LogP contribution in [0.5, 0.6) is 0 Å². The Labute approximate surface area is 282 Å². The molecule has 1 atom stereocenters. The maximum absolute atomic E-state index is 13.8. The maximum Gasteiger partial charge on any atom is 0.336 e. The number of benzene rings is 2. The lowest BCUT2D eigenvalue weighted by Gasteiger charge is -2.33. The highest BCUT2D eigenvalue weighted by Gasteiger charge is 2.34. The summed E-state index contributed by atoms with van der Waals surface area (Å²) in [5.74, 6) is 6.40. The molecule has 4 N–H and O–H groups in total. The molecule has 1 saturated heterocycles. The first-order valence-electron chi connectivity index (χ1n) is 15.6. The summed E-state index contributed by atoms with van der Waals surface area (Å²) in [5, 5.41) is 23.5. The molecule has 4 aromatic rings. The largest absolute Gasteiger partial charge is 0.478 e. The Kier molecular flexibility index (Phi) is 9.45. The van der Waals surface area contributed by atoms with Crippen LogP contribution >= 0.6 is 22.9 Å². The Hall–Kier alpha value is -4.50. The van der Waals surface area contributed by atoms with Crippen molar-refractivity contribution >= 4 is 46.2 Å². The summed E-state index contributed by atoms with van der Waals surface area (Å²) in [5.41, 5.74) is 10.8. The van der Waals surface area contributed by atoms with E-state index in [0.717, 1.165) is 51.8 Å². The predicted octanol–water partition coefficient (Wildman–Crippen LogP) is 5.55. The van der Waals surface area contributed by atoms with Crippen molar-refractivity contribution in [1.82, 2.24) is 19.7 Å². The van der Waals surface area contributed by atoms with Gasteiger partial charge in [0.1, 0.15) is 16.9 Å². The van der Waals surface area contributed by atoms with E-state index in [4.69, 9.17) is 22.3 Å². The third kappa shape index (κ3) is 6.67. The van der Waals surface area contributed by atoms with E-state index in [-0.39, 0.29) is 24.4 Å². The topological polar surface area (TPSA) is 139 Å². The zero-order valence-electron chi connectivity index (χ0n) is 26.5. The quantitative estimate of drug-likeness (QED) is 0.219. The number of aryl methyl sites for hydroxylation is 2. The van der Waals surface area contributed by atoms with E-state index in [2.05, 4.69) is 45.8 Å². The molecule has 47 heavy (non-hydrogen) atoms. The van der Waals surface area contributed by atoms with Crippen LogP contribution in [0.3, 0.4) is 0 Å². The molecule has 6 rings (SSSR count). The van der Waals surface area contributed by atoms with Crippen molar-refractivity contribution in [3.05, 3.63) is 91.8 Å². The van der Waals surface area contributed by atoms with E-state index in [1.807, 2.05) is 36.1 Å². The normalized spacial score (nSPS) is 16.0. The van der Waals surface area contributed by atoms with Gasteiger partial charge in [0.2, 0.25) is 5.91 Å². The second kappa shape index (κ2) is 13.7. The van der Waals surface area contributed by atoms with Crippen LogP contribution in [-0.4, -0.2) is 68.5 Å². The summed E-state index contributed by atoms with van der Waals surface area (Å²) in [6.45, 7) is 8.31. The molecule has 1 amide bonds. The number of carbonyl (C=O) groups is 2. The Bertz CT molecular complexity index is 1930. The van der Waals surface area contributed by atoms with E-state index in [1.165, 1.54) is 4.88 Å². The summed E-state index contributed by atoms with van der Waals surface area (Å²) >= 11 is 7.92. The van der Waals surface area contributed by atoms with E-state index < -0.39 is 12.0 Å². The number of likely N-dealkylation sites (tertiary alicyclic amines) is 1. The highest BCUT2D eigenvalue weighted by Crippen LogP contribution is 2.40. The van der Waals surface area contributed by atoms with Crippen molar-refractivity contribution in [3.63, 3.8) is 0 Å². The van der Waals surface area contributed by atoms with Crippen LogP contribution in [0.25, 0.3) is 5.00 Å². The number of thiophene rings is 1. The lowest BCUT2D eigenvalue weighted by molar-refractivity contribution is -0.133. The molecule has 0 unspecified atom stereocenters. The lowest BCUT2D eigenvalue weighted by atomic mass is 9.96. The average Bonchev–Trinajstić information content (AvgIpc) is 3.54. The second-order valence-electron chi connectivity index (χ2n) is 11.9. The van der Waals surface area contributed by atoms with Crippen molar-refractivity contribution in [2.24, 2.45) is 16.6 Å². The fourth-order valence-electron chi connectivity index (χ4n) is 6.17. The highest BCUT2D eigenvalue weighted by molar-refractivity contribution is 7.15. The SMILES string of the molecule is Cc1sc2c(c1C)C(c1ccc(Cl)cc1)=N[C@@H](CC(=O)N1CCC(CNc3ccc(C(=O)O)c(C#CCN)c3)CC1)c1nnc(C)n1-2. The molecule has 0 radical (unpaired) electrons. The number of hydrogen-bond acceptors (Lipinski definition) is 8. The number of aromatic carboxylic acids is 1. The number of fused-ring (bicyclic) bond motifs is 3. The van der Waals surface area contributed by atoms with E-state index in [9.17, 15) is 14.7 Å². The molecule has 2 aromatic heterocycles. The summed E-state index contributed by atoms with van der Waals surface area (Å²) in [4.78, 5) is 33.8. The molecule has 10 nitrogen and oxygen atoms in total. The van der Waals surface area contributed by atoms with Gasteiger partial charge in [-0.3, -0.25) is 14.4 Å². The summed E-state index contributed by atoms with van der Waals surface area (Å²) in [6, 6.07) is 12.2.